The van der Waals surface area contributed by atoms with E-state index in [9.17, 15) is 14.7 Å². The van der Waals surface area contributed by atoms with E-state index in [1.807, 2.05) is 39.8 Å². The van der Waals surface area contributed by atoms with Crippen molar-refractivity contribution >= 4 is 17.1 Å². The zero-order valence-corrected chi connectivity index (χ0v) is 17.2. The van der Waals surface area contributed by atoms with Crippen molar-refractivity contribution in [3.63, 3.8) is 0 Å². The summed E-state index contributed by atoms with van der Waals surface area (Å²) in [7, 11) is 1.46. The van der Waals surface area contributed by atoms with Gasteiger partial charge in [0.05, 0.1) is 19.3 Å². The lowest BCUT2D eigenvalue weighted by Gasteiger charge is -2.34. The third kappa shape index (κ3) is 3.54. The Morgan fingerprint density at radius 1 is 1.13 bits per heavy atom. The molecular formula is C21H28N6O3. The number of imidazole rings is 1. The summed E-state index contributed by atoms with van der Waals surface area (Å²) in [6.45, 7) is 1.14. The summed E-state index contributed by atoms with van der Waals surface area (Å²) in [5.74, 6) is 0.613. The number of nitrogens with two attached hydrogens (primary N) is 1. The molecule has 1 aliphatic rings. The molecule has 1 aromatic carbocycles. The number of hydrogen-bond donors (Lipinski definition) is 2. The smallest absolute Gasteiger partial charge is 0.332 e. The van der Waals surface area contributed by atoms with Crippen molar-refractivity contribution in [3.8, 4) is 0 Å². The Balaban J connectivity index is 1.91. The fourth-order valence-electron chi connectivity index (χ4n) is 4.17. The van der Waals surface area contributed by atoms with E-state index in [0.29, 0.717) is 30.1 Å². The van der Waals surface area contributed by atoms with Crippen molar-refractivity contribution < 1.29 is 5.11 Å². The number of benzene rings is 1. The number of aliphatic hydroxyl groups excluding tert-OH is 1. The molecule has 1 fully saturated rings. The number of piperidine rings is 1. The lowest BCUT2D eigenvalue weighted by atomic mass is 10.1. The molecule has 1 saturated heterocycles. The first-order valence-electron chi connectivity index (χ1n) is 10.4. The van der Waals surface area contributed by atoms with E-state index >= 15 is 0 Å². The van der Waals surface area contributed by atoms with E-state index in [-0.39, 0.29) is 24.9 Å². The standard InChI is InChI=1S/C21H28N6O3/c1-24-19(29)17-18(27(13-14-28)21(24)30)23-20(25-11-6-5-9-16(25)22)26(17)12-10-15-7-3-2-4-8-15/h2-4,7-8,16,28H,5-6,9-14,22H2,1H3/t16-/m0/s1. The summed E-state index contributed by atoms with van der Waals surface area (Å²) in [6.07, 6.45) is 3.43. The highest BCUT2D eigenvalue weighted by molar-refractivity contribution is 5.74. The van der Waals surface area contributed by atoms with Crippen molar-refractivity contribution in [3.05, 3.63) is 56.7 Å². The van der Waals surface area contributed by atoms with E-state index in [2.05, 4.69) is 0 Å². The predicted molar refractivity (Wildman–Crippen MR) is 116 cm³/mol. The molecule has 0 bridgehead atoms. The second-order valence-corrected chi connectivity index (χ2v) is 7.75. The van der Waals surface area contributed by atoms with Crippen LogP contribution in [0.1, 0.15) is 24.8 Å². The van der Waals surface area contributed by atoms with Gasteiger partial charge in [0, 0.05) is 20.1 Å². The normalized spacial score (nSPS) is 17.0. The summed E-state index contributed by atoms with van der Waals surface area (Å²) in [6, 6.07) is 10.0. The van der Waals surface area contributed by atoms with Crippen molar-refractivity contribution in [2.75, 3.05) is 18.1 Å². The molecule has 0 saturated carbocycles. The molecule has 30 heavy (non-hydrogen) atoms. The average Bonchev–Trinajstić information content (AvgIpc) is 3.14. The number of anilines is 1. The van der Waals surface area contributed by atoms with Gasteiger partial charge in [-0.15, -0.1) is 0 Å². The molecule has 3 heterocycles. The Bertz CT molecular complexity index is 1150. The molecule has 2 aromatic heterocycles. The zero-order valence-electron chi connectivity index (χ0n) is 17.2. The monoisotopic (exact) mass is 412 g/mol. The van der Waals surface area contributed by atoms with Gasteiger partial charge in [-0.3, -0.25) is 13.9 Å². The quantitative estimate of drug-likeness (QED) is 0.607. The van der Waals surface area contributed by atoms with Crippen LogP contribution in [0.5, 0.6) is 0 Å². The minimum absolute atomic E-state index is 0.0741. The lowest BCUT2D eigenvalue weighted by molar-refractivity contribution is 0.274. The van der Waals surface area contributed by atoms with E-state index in [1.54, 1.807) is 0 Å². The van der Waals surface area contributed by atoms with Gasteiger partial charge in [-0.2, -0.15) is 4.98 Å². The number of aryl methyl sites for hydroxylation is 2. The molecule has 0 spiro atoms. The zero-order chi connectivity index (χ0) is 21.3. The Labute approximate surface area is 174 Å². The van der Waals surface area contributed by atoms with E-state index in [0.717, 1.165) is 35.9 Å². The molecule has 3 aromatic rings. The summed E-state index contributed by atoms with van der Waals surface area (Å²) >= 11 is 0. The number of rotatable bonds is 6. The third-order valence-electron chi connectivity index (χ3n) is 5.81. The highest BCUT2D eigenvalue weighted by Crippen LogP contribution is 2.25. The average molecular weight is 412 g/mol. The van der Waals surface area contributed by atoms with Gasteiger partial charge in [-0.25, -0.2) is 4.79 Å². The maximum Gasteiger partial charge on any atom is 0.332 e. The number of hydrogen-bond acceptors (Lipinski definition) is 6. The molecule has 9 heteroatoms. The molecule has 4 rings (SSSR count). The first kappa shape index (κ1) is 20.4. The second-order valence-electron chi connectivity index (χ2n) is 7.75. The van der Waals surface area contributed by atoms with Crippen molar-refractivity contribution in [2.24, 2.45) is 12.8 Å². The van der Waals surface area contributed by atoms with Gasteiger partial charge in [0.2, 0.25) is 5.95 Å². The highest BCUT2D eigenvalue weighted by atomic mass is 16.3. The van der Waals surface area contributed by atoms with E-state index in [1.165, 1.54) is 11.6 Å². The fourth-order valence-corrected chi connectivity index (χ4v) is 4.17. The Morgan fingerprint density at radius 3 is 2.60 bits per heavy atom. The summed E-state index contributed by atoms with van der Waals surface area (Å²) in [5.41, 5.74) is 7.33. The van der Waals surface area contributed by atoms with E-state index < -0.39 is 5.69 Å². The van der Waals surface area contributed by atoms with Gasteiger partial charge in [0.15, 0.2) is 11.2 Å². The lowest BCUT2D eigenvalue weighted by Crippen LogP contribution is -2.47. The minimum atomic E-state index is -0.483. The van der Waals surface area contributed by atoms with Crippen LogP contribution in [0.15, 0.2) is 39.9 Å². The van der Waals surface area contributed by atoms with Crippen LogP contribution >= 0.6 is 0 Å². The van der Waals surface area contributed by atoms with Crippen LogP contribution < -0.4 is 21.9 Å². The molecule has 0 unspecified atom stereocenters. The van der Waals surface area contributed by atoms with Crippen molar-refractivity contribution in [2.45, 2.75) is 44.9 Å². The topological polar surface area (TPSA) is 111 Å². The number of aliphatic hydroxyl groups is 1. The predicted octanol–water partition coefficient (Wildman–Crippen LogP) is 0.407. The molecule has 160 valence electrons. The van der Waals surface area contributed by atoms with Gasteiger partial charge in [-0.05, 0) is 31.2 Å². The molecule has 0 aliphatic carbocycles. The van der Waals surface area contributed by atoms with Crippen LogP contribution in [0.3, 0.4) is 0 Å². The summed E-state index contributed by atoms with van der Waals surface area (Å²) in [5, 5.41) is 9.47. The van der Waals surface area contributed by atoms with Gasteiger partial charge in [0.1, 0.15) is 0 Å². The molecule has 9 nitrogen and oxygen atoms in total. The van der Waals surface area contributed by atoms with Crippen LogP contribution in [0.25, 0.3) is 11.2 Å². The molecule has 3 N–H and O–H groups in total. The first-order valence-corrected chi connectivity index (χ1v) is 10.4. The van der Waals surface area contributed by atoms with Crippen molar-refractivity contribution in [1.29, 1.82) is 0 Å². The number of fused-ring (bicyclic) bond motifs is 1. The van der Waals surface area contributed by atoms with E-state index in [4.69, 9.17) is 10.7 Å². The molecular weight excluding hydrogens is 384 g/mol. The fraction of sp³-hybridized carbons (Fsp3) is 0.476. The Morgan fingerprint density at radius 2 is 1.90 bits per heavy atom. The summed E-state index contributed by atoms with van der Waals surface area (Å²) in [4.78, 5) is 32.5. The highest BCUT2D eigenvalue weighted by Gasteiger charge is 2.27. The second kappa shape index (κ2) is 8.45. The molecule has 0 radical (unpaired) electrons. The van der Waals surface area contributed by atoms with Crippen LogP contribution in [0, 0.1) is 0 Å². The first-order chi connectivity index (χ1) is 14.5. The molecule has 1 atom stereocenters. The Hall–Kier alpha value is -2.91. The van der Waals surface area contributed by atoms with Crippen LogP contribution in [-0.2, 0) is 26.6 Å². The van der Waals surface area contributed by atoms with Gasteiger partial charge < -0.3 is 20.3 Å². The number of nitrogens with zero attached hydrogens (tertiary/aromatic N) is 5. The van der Waals surface area contributed by atoms with Crippen LogP contribution in [0.4, 0.5) is 5.95 Å². The van der Waals surface area contributed by atoms with Crippen LogP contribution in [-0.4, -0.2) is 43.1 Å². The minimum Gasteiger partial charge on any atom is -0.395 e. The van der Waals surface area contributed by atoms with Crippen molar-refractivity contribution in [1.82, 2.24) is 18.7 Å². The molecule has 1 aliphatic heterocycles. The summed E-state index contributed by atoms with van der Waals surface area (Å²) < 4.78 is 4.34. The Kier molecular flexibility index (Phi) is 5.74. The molecule has 0 amide bonds. The maximum atomic E-state index is 13.1. The largest absolute Gasteiger partial charge is 0.395 e. The van der Waals surface area contributed by atoms with Gasteiger partial charge >= 0.3 is 5.69 Å². The maximum absolute atomic E-state index is 13.1. The third-order valence-corrected chi connectivity index (χ3v) is 5.81. The SMILES string of the molecule is Cn1c(=O)c2c(nc(N3CCCC[C@H]3N)n2CCc2ccccc2)n(CCO)c1=O. The van der Waals surface area contributed by atoms with Gasteiger partial charge in [0.25, 0.3) is 5.56 Å². The van der Waals surface area contributed by atoms with Crippen LogP contribution in [0.2, 0.25) is 0 Å². The van der Waals surface area contributed by atoms with Gasteiger partial charge in [-0.1, -0.05) is 30.3 Å². The number of aromatic nitrogens is 4.